The van der Waals surface area contributed by atoms with Crippen molar-refractivity contribution in [3.05, 3.63) is 366 Å². The van der Waals surface area contributed by atoms with Gasteiger partial charge in [0.05, 0.1) is 0 Å². The smallest absolute Gasteiger partial charge is 0.0361 e. The van der Waals surface area contributed by atoms with E-state index in [9.17, 15) is 0 Å². The molecule has 2 aliphatic carbocycles. The molecule has 0 saturated heterocycles. The molecule has 2 heteroatoms. The second-order valence-electron chi connectivity index (χ2n) is 30.3. The van der Waals surface area contributed by atoms with Crippen LogP contribution in [0.2, 0.25) is 0 Å². The minimum atomic E-state index is -0.175. The first kappa shape index (κ1) is 63.6. The van der Waals surface area contributed by atoms with E-state index < -0.39 is 0 Å². The summed E-state index contributed by atoms with van der Waals surface area (Å²) in [7, 11) is 0. The number of benzene rings is 15. The molecular weight excluding hydrogens is 1290 g/mol. The van der Waals surface area contributed by atoms with E-state index in [1.807, 2.05) is 22.7 Å². The van der Waals surface area contributed by atoms with Gasteiger partial charge in [-0.1, -0.05) is 301 Å². The summed E-state index contributed by atoms with van der Waals surface area (Å²) in [5.74, 6) is 0.0432. The van der Waals surface area contributed by atoms with Crippen molar-refractivity contribution in [3.63, 3.8) is 0 Å². The Balaban J connectivity index is 0.609. The first-order chi connectivity index (χ1) is 50.8. The zero-order valence-electron chi connectivity index (χ0n) is 59.7. The summed E-state index contributed by atoms with van der Waals surface area (Å²) in [5.41, 5.74) is 24.4. The van der Waals surface area contributed by atoms with E-state index in [1.165, 1.54) is 205 Å². The fourth-order valence-corrected chi connectivity index (χ4v) is 20.9. The molecule has 0 fully saturated rings. The Morgan fingerprint density at radius 1 is 0.433 bits per heavy atom. The van der Waals surface area contributed by atoms with Crippen LogP contribution in [0.25, 0.3) is 155 Å². The summed E-state index contributed by atoms with van der Waals surface area (Å²) >= 11 is 3.80. The van der Waals surface area contributed by atoms with Crippen LogP contribution in [0.15, 0.2) is 316 Å². The van der Waals surface area contributed by atoms with E-state index in [-0.39, 0.29) is 16.7 Å². The molecule has 104 heavy (non-hydrogen) atoms. The van der Waals surface area contributed by atoms with Gasteiger partial charge in [-0.25, -0.2) is 0 Å². The minimum absolute atomic E-state index is 0.0432. The van der Waals surface area contributed by atoms with Gasteiger partial charge >= 0.3 is 0 Å². The average Bonchev–Trinajstić information content (AvgIpc) is 1.48. The van der Waals surface area contributed by atoms with Crippen molar-refractivity contribution in [1.82, 2.24) is 0 Å². The van der Waals surface area contributed by atoms with Crippen LogP contribution in [-0.4, -0.2) is 0 Å². The number of allylic oxidation sites excluding steroid dienone is 10. The molecule has 17 aromatic rings. The van der Waals surface area contributed by atoms with Crippen LogP contribution in [0.3, 0.4) is 0 Å². The van der Waals surface area contributed by atoms with Crippen molar-refractivity contribution in [2.75, 3.05) is 0 Å². The molecule has 2 heterocycles. The maximum Gasteiger partial charge on any atom is 0.0361 e. The molecule has 1 unspecified atom stereocenters. The molecule has 19 rings (SSSR count). The second kappa shape index (κ2) is 24.7. The van der Waals surface area contributed by atoms with Gasteiger partial charge in [0, 0.05) is 57.1 Å². The quantitative estimate of drug-likeness (QED) is 0.0613. The van der Waals surface area contributed by atoms with Gasteiger partial charge < -0.3 is 0 Å². The number of hydrogen-bond acceptors (Lipinski definition) is 2. The highest BCUT2D eigenvalue weighted by molar-refractivity contribution is 7.26. The van der Waals surface area contributed by atoms with Crippen molar-refractivity contribution < 1.29 is 0 Å². The molecule has 0 aliphatic heterocycles. The van der Waals surface area contributed by atoms with Crippen LogP contribution in [0.4, 0.5) is 0 Å². The summed E-state index contributed by atoms with van der Waals surface area (Å²) in [6.07, 6.45) is 16.3. The third kappa shape index (κ3) is 10.1. The number of hydrogen-bond donors (Lipinski definition) is 0. The largest absolute Gasteiger partial charge is 0.135 e. The van der Waals surface area contributed by atoms with Crippen molar-refractivity contribution >= 4 is 144 Å². The van der Waals surface area contributed by atoms with Gasteiger partial charge in [-0.15, -0.1) is 29.3 Å². The predicted molar refractivity (Wildman–Crippen MR) is 457 cm³/mol. The van der Waals surface area contributed by atoms with Crippen molar-refractivity contribution in [3.8, 4) is 33.4 Å². The van der Waals surface area contributed by atoms with E-state index >= 15 is 0 Å². The van der Waals surface area contributed by atoms with E-state index in [1.54, 1.807) is 0 Å². The molecule has 15 aromatic carbocycles. The number of thiophene rings is 2. The van der Waals surface area contributed by atoms with Gasteiger partial charge in [-0.3, -0.25) is 0 Å². The Bertz CT molecular complexity index is 6570. The van der Waals surface area contributed by atoms with Gasteiger partial charge in [-0.2, -0.15) is 0 Å². The first-order valence-electron chi connectivity index (χ1n) is 36.8. The Hall–Kier alpha value is -11.3. The van der Waals surface area contributed by atoms with Crippen molar-refractivity contribution in [2.24, 2.45) is 0 Å². The fourth-order valence-electron chi connectivity index (χ4n) is 18.6. The minimum Gasteiger partial charge on any atom is -0.135 e. The molecule has 0 saturated carbocycles. The molecule has 0 bridgehead atoms. The maximum absolute atomic E-state index is 4.98. The number of rotatable bonds is 13. The lowest BCUT2D eigenvalue weighted by Crippen LogP contribution is -2.15. The molecule has 0 nitrogen and oxygen atoms in total. The first-order valence-corrected chi connectivity index (χ1v) is 38.4. The normalized spacial score (nSPS) is 15.0. The Morgan fingerprint density at radius 3 is 1.73 bits per heavy atom. The molecule has 2 aromatic heterocycles. The maximum atomic E-state index is 4.98. The lowest BCUT2D eigenvalue weighted by atomic mass is 9.79. The summed E-state index contributed by atoms with van der Waals surface area (Å²) in [5, 5.41) is 20.8. The summed E-state index contributed by atoms with van der Waals surface area (Å²) in [6.45, 7) is 23.8. The molecule has 0 amide bonds. The Kier molecular flexibility index (Phi) is 15.1. The van der Waals surface area contributed by atoms with Crippen LogP contribution < -0.4 is 0 Å². The summed E-state index contributed by atoms with van der Waals surface area (Å²) in [4.78, 5) is 0. The molecule has 1 atom stereocenters. The third-order valence-corrected chi connectivity index (χ3v) is 25.8. The highest BCUT2D eigenvalue weighted by atomic mass is 32.1. The number of fused-ring (bicyclic) bond motifs is 19. The average molecular weight is 1370 g/mol. The topological polar surface area (TPSA) is 0 Å². The molecule has 0 radical (unpaired) electrons. The molecule has 0 spiro atoms. The predicted octanol–water partition coefficient (Wildman–Crippen LogP) is 29.4. The SMILES string of the molecule is C=CC(CC(=C)c1c2ccccc2c(-c2ccc3c(c2)-c2ccc4c(ccc5sc6ccccc6c54)c2C3(C)C)c2ccccc12)c1cccc(-c2ccc3c(c2)sc2cc4ccc5c(c4cc23)C(C)(C)/C(=C/C=C(\C)c2c3ccccc3c(/C(C)=C/C=C\Cc3ccccc3)c3ccccc23)C5)c1. The summed E-state index contributed by atoms with van der Waals surface area (Å²) in [6, 6.07) is 98.5. The van der Waals surface area contributed by atoms with Gasteiger partial charge in [-0.05, 0) is 234 Å². The Labute approximate surface area is 616 Å². The monoisotopic (exact) mass is 1370 g/mol. The van der Waals surface area contributed by atoms with E-state index in [2.05, 4.69) is 345 Å². The third-order valence-electron chi connectivity index (χ3n) is 23.6. The van der Waals surface area contributed by atoms with Crippen LogP contribution in [0.1, 0.15) is 104 Å². The summed E-state index contributed by atoms with van der Waals surface area (Å²) < 4.78 is 5.31. The highest BCUT2D eigenvalue weighted by Crippen LogP contribution is 2.56. The highest BCUT2D eigenvalue weighted by Gasteiger charge is 2.39. The molecule has 498 valence electrons. The molecule has 0 N–H and O–H groups in total. The lowest BCUT2D eigenvalue weighted by Gasteiger charge is -2.24. The molecule has 2 aliphatic rings. The van der Waals surface area contributed by atoms with Crippen LogP contribution in [0.5, 0.6) is 0 Å². The zero-order valence-corrected chi connectivity index (χ0v) is 61.4. The van der Waals surface area contributed by atoms with Gasteiger partial charge in [0.2, 0.25) is 0 Å². The zero-order chi connectivity index (χ0) is 70.3. The van der Waals surface area contributed by atoms with Crippen LogP contribution in [-0.2, 0) is 23.7 Å². The second-order valence-corrected chi connectivity index (χ2v) is 32.4. The van der Waals surface area contributed by atoms with Crippen LogP contribution >= 0.6 is 22.7 Å². The standard InChI is InChI=1S/C102H78S2/c1-9-65(54-63(4)96-78-36-19-21-38-80(78)97(81-39-22-20-37-79(81)96)70-46-52-89-87(57-70)84-50-49-82-83(100(84)102(89,7)8)51-53-91-98(82)85-40-23-24-41-90(85)103-91)66-30-25-31-67(55-66)68-45-48-73-88-60-86-69(59-93(88)104-92(73)58-68)43-44-71-56-72(101(5,6)99(71)86)47-42-62(3)95-76-34-17-15-32-74(76)94(75-33-16-18-35-77(75)95)61(2)26-13-14-29-64-27-11-10-12-28-64/h9-28,30-53,55,57-60,65H,1,4,29,54,56H2,2-3,5-8H3/b14-13-,61-26+,62-42+,72-47+. The van der Waals surface area contributed by atoms with Crippen molar-refractivity contribution in [1.29, 1.82) is 0 Å². The van der Waals surface area contributed by atoms with E-state index in [0.29, 0.717) is 0 Å². The van der Waals surface area contributed by atoms with Gasteiger partial charge in [0.15, 0.2) is 0 Å². The van der Waals surface area contributed by atoms with E-state index in [0.717, 1.165) is 24.8 Å². The van der Waals surface area contributed by atoms with Gasteiger partial charge in [0.1, 0.15) is 0 Å². The van der Waals surface area contributed by atoms with Crippen LogP contribution in [0, 0.1) is 0 Å². The molecular formula is C102H78S2. The lowest BCUT2D eigenvalue weighted by molar-refractivity contribution is 0.649. The van der Waals surface area contributed by atoms with Gasteiger partial charge in [0.25, 0.3) is 0 Å². The van der Waals surface area contributed by atoms with Crippen molar-refractivity contribution in [2.45, 2.75) is 77.6 Å². The Morgan fingerprint density at radius 2 is 1.03 bits per heavy atom. The fraction of sp³-hybridized carbons (Fsp3) is 0.118. The van der Waals surface area contributed by atoms with E-state index in [4.69, 9.17) is 6.58 Å².